The van der Waals surface area contributed by atoms with Gasteiger partial charge in [-0.25, -0.2) is 0 Å². The molecule has 2 rings (SSSR count). The Bertz CT molecular complexity index is 521. The zero-order chi connectivity index (χ0) is 16.7. The number of rotatable bonds is 6. The van der Waals surface area contributed by atoms with Gasteiger partial charge in [-0.15, -0.1) is 0 Å². The molecule has 1 aliphatic carbocycles. The van der Waals surface area contributed by atoms with Crippen LogP contribution in [-0.4, -0.2) is 36.3 Å². The Labute approximate surface area is 140 Å². The van der Waals surface area contributed by atoms with Crippen molar-refractivity contribution >= 4 is 5.96 Å². The van der Waals surface area contributed by atoms with Gasteiger partial charge in [0.2, 0.25) is 0 Å². The van der Waals surface area contributed by atoms with Gasteiger partial charge in [0.25, 0.3) is 0 Å². The summed E-state index contributed by atoms with van der Waals surface area (Å²) in [7, 11) is 0. The van der Waals surface area contributed by atoms with Crippen LogP contribution in [0, 0.1) is 6.92 Å². The number of aryl methyl sites for hydroxylation is 1. The molecule has 4 nitrogen and oxygen atoms in total. The number of hydrogen-bond donors (Lipinski definition) is 3. The first-order valence-corrected chi connectivity index (χ1v) is 8.83. The van der Waals surface area contributed by atoms with Gasteiger partial charge < -0.3 is 15.7 Å². The fourth-order valence-electron chi connectivity index (χ4n) is 3.10. The first-order chi connectivity index (χ1) is 11.0. The van der Waals surface area contributed by atoms with E-state index in [4.69, 9.17) is 0 Å². The highest BCUT2D eigenvalue weighted by Gasteiger charge is 2.30. The molecule has 0 spiro atoms. The average molecular weight is 317 g/mol. The Morgan fingerprint density at radius 3 is 2.70 bits per heavy atom. The zero-order valence-electron chi connectivity index (χ0n) is 14.7. The molecule has 1 atom stereocenters. The van der Waals surface area contributed by atoms with Gasteiger partial charge in [0.05, 0.1) is 12.1 Å². The molecule has 0 aromatic heterocycles. The number of guanidine groups is 1. The maximum absolute atomic E-state index is 10.4. The maximum Gasteiger partial charge on any atom is 0.191 e. The topological polar surface area (TPSA) is 56.7 Å². The van der Waals surface area contributed by atoms with Crippen LogP contribution in [0.25, 0.3) is 0 Å². The summed E-state index contributed by atoms with van der Waals surface area (Å²) in [6, 6.07) is 8.63. The largest absolute Gasteiger partial charge is 0.388 e. The molecule has 4 heteroatoms. The standard InChI is InChI=1S/C19H31N3O/c1-4-20-18(22-14-19(23)10-5-6-11-19)21-13-16(3)17-9-7-8-15(2)12-17/h7-9,12,16,23H,4-6,10-11,13-14H2,1-3H3,(H2,20,21,22). The number of nitrogens with one attached hydrogen (secondary N) is 2. The van der Waals surface area contributed by atoms with Gasteiger partial charge in [0, 0.05) is 13.1 Å². The summed E-state index contributed by atoms with van der Waals surface area (Å²) in [5.41, 5.74) is 2.03. The fourth-order valence-corrected chi connectivity index (χ4v) is 3.10. The summed E-state index contributed by atoms with van der Waals surface area (Å²) in [6.45, 7) is 8.54. The van der Waals surface area contributed by atoms with E-state index in [9.17, 15) is 5.11 Å². The van der Waals surface area contributed by atoms with Crippen molar-refractivity contribution in [1.82, 2.24) is 10.6 Å². The van der Waals surface area contributed by atoms with Gasteiger partial charge in [-0.1, -0.05) is 49.6 Å². The SMILES string of the molecule is CCNC(=NCC1(O)CCCC1)NCC(C)c1cccc(C)c1. The minimum Gasteiger partial charge on any atom is -0.388 e. The van der Waals surface area contributed by atoms with Crippen LogP contribution in [0.4, 0.5) is 0 Å². The van der Waals surface area contributed by atoms with Crippen molar-refractivity contribution in [3.05, 3.63) is 35.4 Å². The quantitative estimate of drug-likeness (QED) is 0.558. The van der Waals surface area contributed by atoms with E-state index < -0.39 is 5.60 Å². The monoisotopic (exact) mass is 317 g/mol. The van der Waals surface area contributed by atoms with Crippen LogP contribution in [0.1, 0.15) is 56.6 Å². The Balaban J connectivity index is 1.91. The summed E-state index contributed by atoms with van der Waals surface area (Å²) in [5, 5.41) is 17.1. The molecular formula is C19H31N3O. The summed E-state index contributed by atoms with van der Waals surface area (Å²) in [6.07, 6.45) is 3.96. The number of hydrogen-bond acceptors (Lipinski definition) is 2. The maximum atomic E-state index is 10.4. The lowest BCUT2D eigenvalue weighted by atomic mass is 9.99. The van der Waals surface area contributed by atoms with Crippen LogP contribution in [0.5, 0.6) is 0 Å². The van der Waals surface area contributed by atoms with E-state index in [1.807, 2.05) is 0 Å². The third kappa shape index (κ3) is 5.54. The normalized spacial score (nSPS) is 18.7. The van der Waals surface area contributed by atoms with Crippen molar-refractivity contribution < 1.29 is 5.11 Å². The van der Waals surface area contributed by atoms with Crippen LogP contribution in [-0.2, 0) is 0 Å². The van der Waals surface area contributed by atoms with Crippen LogP contribution < -0.4 is 10.6 Å². The molecule has 0 amide bonds. The van der Waals surface area contributed by atoms with Gasteiger partial charge in [-0.2, -0.15) is 0 Å². The molecule has 0 saturated heterocycles. The Morgan fingerprint density at radius 1 is 1.30 bits per heavy atom. The number of nitrogens with zero attached hydrogens (tertiary/aromatic N) is 1. The number of aliphatic imine (C=N–C) groups is 1. The van der Waals surface area contributed by atoms with Gasteiger partial charge in [0.1, 0.15) is 0 Å². The molecule has 1 unspecified atom stereocenters. The lowest BCUT2D eigenvalue weighted by Crippen LogP contribution is -2.40. The van der Waals surface area contributed by atoms with Crippen molar-refractivity contribution in [3.8, 4) is 0 Å². The van der Waals surface area contributed by atoms with Crippen LogP contribution >= 0.6 is 0 Å². The van der Waals surface area contributed by atoms with E-state index >= 15 is 0 Å². The molecule has 1 aliphatic rings. The molecule has 0 aliphatic heterocycles. The van der Waals surface area contributed by atoms with Crippen LogP contribution in [0.15, 0.2) is 29.3 Å². The lowest BCUT2D eigenvalue weighted by molar-refractivity contribution is 0.0574. The minimum atomic E-state index is -0.593. The van der Waals surface area contributed by atoms with E-state index in [1.54, 1.807) is 0 Å². The smallest absolute Gasteiger partial charge is 0.191 e. The van der Waals surface area contributed by atoms with E-state index in [2.05, 4.69) is 60.7 Å². The predicted molar refractivity (Wildman–Crippen MR) is 97.0 cm³/mol. The third-order valence-corrected chi connectivity index (χ3v) is 4.60. The summed E-state index contributed by atoms with van der Waals surface area (Å²) < 4.78 is 0. The van der Waals surface area contributed by atoms with Crippen LogP contribution in [0.3, 0.4) is 0 Å². The van der Waals surface area contributed by atoms with E-state index in [-0.39, 0.29) is 0 Å². The highest BCUT2D eigenvalue weighted by atomic mass is 16.3. The molecular weight excluding hydrogens is 286 g/mol. The van der Waals surface area contributed by atoms with E-state index in [0.29, 0.717) is 12.5 Å². The zero-order valence-corrected chi connectivity index (χ0v) is 14.7. The van der Waals surface area contributed by atoms with Crippen molar-refractivity contribution in [3.63, 3.8) is 0 Å². The Morgan fingerprint density at radius 2 is 2.04 bits per heavy atom. The molecule has 0 bridgehead atoms. The molecule has 3 N–H and O–H groups in total. The summed E-state index contributed by atoms with van der Waals surface area (Å²) in [4.78, 5) is 4.59. The third-order valence-electron chi connectivity index (χ3n) is 4.60. The number of benzene rings is 1. The molecule has 0 radical (unpaired) electrons. The van der Waals surface area contributed by atoms with E-state index in [0.717, 1.165) is 44.7 Å². The first kappa shape index (κ1) is 17.8. The van der Waals surface area contributed by atoms with Gasteiger partial charge in [-0.05, 0) is 38.2 Å². The molecule has 128 valence electrons. The molecule has 0 heterocycles. The van der Waals surface area contributed by atoms with E-state index in [1.165, 1.54) is 11.1 Å². The van der Waals surface area contributed by atoms with Gasteiger partial charge >= 0.3 is 0 Å². The van der Waals surface area contributed by atoms with Gasteiger partial charge in [0.15, 0.2) is 5.96 Å². The number of aliphatic hydroxyl groups is 1. The average Bonchev–Trinajstić information content (AvgIpc) is 2.97. The highest BCUT2D eigenvalue weighted by Crippen LogP contribution is 2.29. The molecule has 1 aromatic rings. The van der Waals surface area contributed by atoms with Crippen LogP contribution in [0.2, 0.25) is 0 Å². The van der Waals surface area contributed by atoms with Gasteiger partial charge in [-0.3, -0.25) is 4.99 Å². The summed E-state index contributed by atoms with van der Waals surface area (Å²) in [5.74, 6) is 1.21. The minimum absolute atomic E-state index is 0.410. The second kappa shape index (κ2) is 8.34. The second-order valence-corrected chi connectivity index (χ2v) is 6.82. The first-order valence-electron chi connectivity index (χ1n) is 8.83. The Hall–Kier alpha value is -1.55. The van der Waals surface area contributed by atoms with Crippen molar-refractivity contribution in [2.45, 2.75) is 58.0 Å². The van der Waals surface area contributed by atoms with Crippen molar-refractivity contribution in [2.24, 2.45) is 4.99 Å². The molecule has 1 aromatic carbocycles. The molecule has 23 heavy (non-hydrogen) atoms. The summed E-state index contributed by atoms with van der Waals surface area (Å²) >= 11 is 0. The van der Waals surface area contributed by atoms with Crippen molar-refractivity contribution in [2.75, 3.05) is 19.6 Å². The Kier molecular flexibility index (Phi) is 6.46. The van der Waals surface area contributed by atoms with Crippen molar-refractivity contribution in [1.29, 1.82) is 0 Å². The molecule has 1 saturated carbocycles. The lowest BCUT2D eigenvalue weighted by Gasteiger charge is -2.21. The predicted octanol–water partition coefficient (Wildman–Crippen LogP) is 2.96. The second-order valence-electron chi connectivity index (χ2n) is 6.82. The molecule has 1 fully saturated rings. The highest BCUT2D eigenvalue weighted by molar-refractivity contribution is 5.79. The fraction of sp³-hybridized carbons (Fsp3) is 0.632.